The van der Waals surface area contributed by atoms with Crippen LogP contribution in [0, 0.1) is 0 Å². The Bertz CT molecular complexity index is 1160. The number of aromatic nitrogens is 5. The maximum Gasteiger partial charge on any atom is 0.214 e. The number of rotatable bonds is 16. The summed E-state index contributed by atoms with van der Waals surface area (Å²) in [5.74, 6) is 0.502. The largest absolute Gasteiger partial charge is 0.475 e. The van der Waals surface area contributed by atoms with Gasteiger partial charge in [0.2, 0.25) is 5.88 Å². The molecule has 1 fully saturated rings. The van der Waals surface area contributed by atoms with E-state index in [1.165, 1.54) is 0 Å². The van der Waals surface area contributed by atoms with Crippen LogP contribution in [-0.4, -0.2) is 90.1 Å². The molecule has 0 spiro atoms. The van der Waals surface area contributed by atoms with Crippen LogP contribution >= 0.6 is 0 Å². The maximum absolute atomic E-state index is 8.78. The van der Waals surface area contributed by atoms with Gasteiger partial charge in [0, 0.05) is 44.5 Å². The van der Waals surface area contributed by atoms with Gasteiger partial charge in [-0.2, -0.15) is 10.2 Å². The van der Waals surface area contributed by atoms with Gasteiger partial charge in [0.25, 0.3) is 0 Å². The second kappa shape index (κ2) is 14.3. The van der Waals surface area contributed by atoms with Gasteiger partial charge in [-0.25, -0.2) is 14.3 Å². The molecule has 12 heteroatoms. The number of ether oxygens (including phenoxy) is 5. The fraction of sp³-hybridized carbons (Fsp3) is 0.667. The maximum atomic E-state index is 8.78. The Morgan fingerprint density at radius 2 is 2.00 bits per heavy atom. The molecule has 1 unspecified atom stereocenters. The van der Waals surface area contributed by atoms with E-state index in [1.807, 2.05) is 34.7 Å². The van der Waals surface area contributed by atoms with Crippen LogP contribution in [-0.2, 0) is 25.7 Å². The van der Waals surface area contributed by atoms with Gasteiger partial charge < -0.3 is 28.8 Å². The first-order valence-electron chi connectivity index (χ1n) is 13.9. The number of aliphatic hydroxyl groups excluding tert-OH is 1. The average molecular weight is 562 g/mol. The Morgan fingerprint density at radius 1 is 1.13 bits per heavy atom. The zero-order valence-electron chi connectivity index (χ0n) is 23.7. The molecule has 11 nitrogen and oxygen atoms in total. The lowest BCUT2D eigenvalue weighted by atomic mass is 10.1. The molecule has 0 saturated carbocycles. The molecule has 4 rings (SSSR count). The van der Waals surface area contributed by atoms with Crippen molar-refractivity contribution < 1.29 is 28.8 Å². The van der Waals surface area contributed by atoms with Crippen molar-refractivity contribution in [3.63, 3.8) is 0 Å². The summed E-state index contributed by atoms with van der Waals surface area (Å²) in [5, 5.41) is 19.2. The van der Waals surface area contributed by atoms with E-state index in [9.17, 15) is 0 Å². The molecule has 1 N–H and O–H groups in total. The minimum absolute atomic E-state index is 0.00549. The zero-order chi connectivity index (χ0) is 27.7. The third-order valence-corrected chi connectivity index (χ3v) is 8.16. The Balaban J connectivity index is 1.48. The van der Waals surface area contributed by atoms with E-state index in [0.717, 1.165) is 60.7 Å². The van der Waals surface area contributed by atoms with Gasteiger partial charge in [-0.05, 0) is 32.2 Å². The lowest BCUT2D eigenvalue weighted by Crippen LogP contribution is -2.22. The number of hydrogen-bond acceptors (Lipinski definition) is 9. The van der Waals surface area contributed by atoms with Crippen LogP contribution in [0.25, 0.3) is 22.2 Å². The molecule has 2 atom stereocenters. The molecule has 1 aliphatic rings. The van der Waals surface area contributed by atoms with E-state index in [0.29, 0.717) is 39.0 Å². The highest BCUT2D eigenvalue weighted by Gasteiger charge is 2.23. The second-order valence-electron chi connectivity index (χ2n) is 11.1. The van der Waals surface area contributed by atoms with Crippen LogP contribution in [0.5, 0.6) is 5.88 Å². The highest BCUT2D eigenvalue weighted by molar-refractivity contribution is 6.76. The first-order chi connectivity index (χ1) is 18.8. The molecule has 1 saturated heterocycles. The van der Waals surface area contributed by atoms with E-state index in [4.69, 9.17) is 33.9 Å². The normalized spacial score (nSPS) is 17.1. The van der Waals surface area contributed by atoms with Crippen molar-refractivity contribution in [3.05, 3.63) is 24.7 Å². The van der Waals surface area contributed by atoms with Crippen LogP contribution in [0.15, 0.2) is 24.7 Å². The third-order valence-electron chi connectivity index (χ3n) is 6.45. The predicted octanol–water partition coefficient (Wildman–Crippen LogP) is 4.10. The summed E-state index contributed by atoms with van der Waals surface area (Å²) in [6.07, 6.45) is 8.42. The second-order valence-corrected chi connectivity index (χ2v) is 16.7. The van der Waals surface area contributed by atoms with Crippen LogP contribution in [0.2, 0.25) is 25.7 Å². The van der Waals surface area contributed by atoms with E-state index in [-0.39, 0.29) is 18.9 Å². The molecule has 0 aromatic carbocycles. The standard InChI is InChI=1S/C27H43N5O6Si/c1-21(36-12-11-34-10-8-33)19-38-25-15-23-24(17-28-25)32(26-7-5-6-9-37-26)30-27(23)22-16-29-31(18-22)20-35-13-14-39(2,3)4/h15-18,21,26,33H,5-14,19-20H2,1-4H3/t21-,26?/m0/s1. The quantitative estimate of drug-likeness (QED) is 0.204. The van der Waals surface area contributed by atoms with Gasteiger partial charge >= 0.3 is 0 Å². The molecule has 3 aromatic heterocycles. The Hall–Kier alpha value is -2.35. The average Bonchev–Trinajstić information content (AvgIpc) is 3.54. The highest BCUT2D eigenvalue weighted by Crippen LogP contribution is 2.34. The summed E-state index contributed by atoms with van der Waals surface area (Å²) in [4.78, 5) is 4.55. The van der Waals surface area contributed by atoms with Gasteiger partial charge in [-0.1, -0.05) is 19.6 Å². The van der Waals surface area contributed by atoms with E-state index in [1.54, 1.807) is 6.20 Å². The monoisotopic (exact) mass is 561 g/mol. The molecule has 39 heavy (non-hydrogen) atoms. The van der Waals surface area contributed by atoms with Gasteiger partial charge in [0.1, 0.15) is 19.0 Å². The molecule has 0 bridgehead atoms. The minimum Gasteiger partial charge on any atom is -0.475 e. The van der Waals surface area contributed by atoms with Gasteiger partial charge in [-0.15, -0.1) is 0 Å². The van der Waals surface area contributed by atoms with Crippen LogP contribution < -0.4 is 4.74 Å². The number of pyridine rings is 1. The minimum atomic E-state index is -1.14. The van der Waals surface area contributed by atoms with Crippen molar-refractivity contribution in [2.45, 2.75) is 70.9 Å². The lowest BCUT2D eigenvalue weighted by Gasteiger charge is -2.23. The first-order valence-corrected chi connectivity index (χ1v) is 17.6. The molecular formula is C27H43N5O6Si. The fourth-order valence-corrected chi connectivity index (χ4v) is 5.02. The molecular weight excluding hydrogens is 518 g/mol. The number of nitrogens with zero attached hydrogens (tertiary/aromatic N) is 5. The molecule has 0 radical (unpaired) electrons. The Morgan fingerprint density at radius 3 is 2.77 bits per heavy atom. The van der Waals surface area contributed by atoms with Crippen molar-refractivity contribution in [2.24, 2.45) is 0 Å². The molecule has 3 aromatic rings. The van der Waals surface area contributed by atoms with Crippen LogP contribution in [0.4, 0.5) is 0 Å². The predicted molar refractivity (Wildman–Crippen MR) is 151 cm³/mol. The summed E-state index contributed by atoms with van der Waals surface area (Å²) in [7, 11) is -1.14. The topological polar surface area (TPSA) is 115 Å². The van der Waals surface area contributed by atoms with Crippen LogP contribution in [0.3, 0.4) is 0 Å². The number of hydrogen-bond donors (Lipinski definition) is 1. The third kappa shape index (κ3) is 8.82. The number of fused-ring (bicyclic) bond motifs is 1. The van der Waals surface area contributed by atoms with Crippen molar-refractivity contribution >= 4 is 19.0 Å². The van der Waals surface area contributed by atoms with Crippen molar-refractivity contribution in [3.8, 4) is 17.1 Å². The highest BCUT2D eigenvalue weighted by atomic mass is 28.3. The van der Waals surface area contributed by atoms with Crippen LogP contribution in [0.1, 0.15) is 32.4 Å². The number of aliphatic hydroxyl groups is 1. The molecule has 0 amide bonds. The van der Waals surface area contributed by atoms with Gasteiger partial charge in [0.05, 0.1) is 50.4 Å². The summed E-state index contributed by atoms with van der Waals surface area (Å²) < 4.78 is 32.6. The van der Waals surface area contributed by atoms with Crippen molar-refractivity contribution in [1.82, 2.24) is 24.5 Å². The first kappa shape index (κ1) is 29.6. The van der Waals surface area contributed by atoms with Gasteiger partial charge in [-0.3, -0.25) is 0 Å². The lowest BCUT2D eigenvalue weighted by molar-refractivity contribution is -0.0365. The SMILES string of the molecule is C[C@@H](COc1cc2c(-c3cnn(COCC[Si](C)(C)C)c3)nn(C3CCCCO3)c2cn1)OCCOCCO. The molecule has 4 heterocycles. The fourth-order valence-electron chi connectivity index (χ4n) is 4.26. The molecule has 216 valence electrons. The summed E-state index contributed by atoms with van der Waals surface area (Å²) in [5.41, 5.74) is 2.61. The van der Waals surface area contributed by atoms with Crippen molar-refractivity contribution in [2.75, 3.05) is 46.2 Å². The summed E-state index contributed by atoms with van der Waals surface area (Å²) in [6.45, 7) is 12.4. The Labute approximate surface area is 231 Å². The van der Waals surface area contributed by atoms with Gasteiger partial charge in [0.15, 0.2) is 6.23 Å². The molecule has 0 aliphatic carbocycles. The van der Waals surface area contributed by atoms with E-state index in [2.05, 4.69) is 29.7 Å². The van der Waals surface area contributed by atoms with E-state index >= 15 is 0 Å². The smallest absolute Gasteiger partial charge is 0.214 e. The summed E-state index contributed by atoms with van der Waals surface area (Å²) in [6, 6.07) is 3.05. The van der Waals surface area contributed by atoms with E-state index < -0.39 is 8.07 Å². The Kier molecular flexibility index (Phi) is 10.9. The summed E-state index contributed by atoms with van der Waals surface area (Å²) >= 11 is 0. The molecule has 1 aliphatic heterocycles. The van der Waals surface area contributed by atoms with Crippen molar-refractivity contribution in [1.29, 1.82) is 0 Å². The zero-order valence-corrected chi connectivity index (χ0v) is 24.7.